The van der Waals surface area contributed by atoms with E-state index in [-0.39, 0.29) is 0 Å². The summed E-state index contributed by atoms with van der Waals surface area (Å²) >= 11 is 0. The summed E-state index contributed by atoms with van der Waals surface area (Å²) < 4.78 is 0. The first-order valence-electron chi connectivity index (χ1n) is 11.9. The number of rotatable bonds is 1. The molecule has 0 heteroatoms. The first kappa shape index (κ1) is 23.3. The molecule has 0 aromatic heterocycles. The van der Waals surface area contributed by atoms with E-state index in [0.717, 1.165) is 59.2 Å². The molecule has 2 rings (SSSR count). The van der Waals surface area contributed by atoms with E-state index in [9.17, 15) is 0 Å². The number of hydrogen-bond donors (Lipinski definition) is 0. The Hall–Kier alpha value is 0. The van der Waals surface area contributed by atoms with Gasteiger partial charge in [0.15, 0.2) is 0 Å². The van der Waals surface area contributed by atoms with Crippen molar-refractivity contribution in [2.45, 2.75) is 96.9 Å². The zero-order valence-corrected chi connectivity index (χ0v) is 21.3. The summed E-state index contributed by atoms with van der Waals surface area (Å²) in [5.74, 6) is 8.33. The van der Waals surface area contributed by atoms with E-state index in [1.807, 2.05) is 0 Å². The molecule has 0 radical (unpaired) electrons. The topological polar surface area (TPSA) is 0 Å². The molecule has 0 aromatic carbocycles. The van der Waals surface area contributed by atoms with Crippen LogP contribution in [0.2, 0.25) is 0 Å². The Labute approximate surface area is 172 Å². The van der Waals surface area contributed by atoms with Gasteiger partial charge in [-0.1, -0.05) is 96.9 Å². The van der Waals surface area contributed by atoms with Crippen molar-refractivity contribution in [3.63, 3.8) is 0 Å². The number of fused-ring (bicyclic) bond motifs is 1. The van der Waals surface area contributed by atoms with E-state index in [4.69, 9.17) is 0 Å². The largest absolute Gasteiger partial charge is 0.0625 e. The Morgan fingerprint density at radius 2 is 0.852 bits per heavy atom. The third-order valence-corrected chi connectivity index (χ3v) is 8.97. The highest BCUT2D eigenvalue weighted by Crippen LogP contribution is 2.68. The standard InChI is InChI=1S/C27H52/c1-15(2)19-16(3)22(25(6,7)8)17(4)20-21(19)24(27(12,13)14)18(5)23(20)26(9,10)11/h15-24H,1-14H3/t16?,17?,18?,19?,20?,21-,22?,23?,24?/m1/s1. The first-order chi connectivity index (χ1) is 11.9. The van der Waals surface area contributed by atoms with Gasteiger partial charge in [0.25, 0.3) is 0 Å². The third kappa shape index (κ3) is 3.90. The molecule has 0 aliphatic heterocycles. The van der Waals surface area contributed by atoms with Crippen LogP contribution in [0.3, 0.4) is 0 Å². The Kier molecular flexibility index (Phi) is 6.08. The Morgan fingerprint density at radius 1 is 0.481 bits per heavy atom. The molecule has 8 unspecified atom stereocenters. The highest BCUT2D eigenvalue weighted by atomic mass is 14.7. The Bertz CT molecular complexity index is 506. The molecule has 0 saturated heterocycles. The zero-order chi connectivity index (χ0) is 21.3. The van der Waals surface area contributed by atoms with Gasteiger partial charge in [0, 0.05) is 0 Å². The summed E-state index contributed by atoms with van der Waals surface area (Å²) in [6.07, 6.45) is 0. The summed E-state index contributed by atoms with van der Waals surface area (Å²) in [5.41, 5.74) is 1.17. The number of hydrogen-bond acceptors (Lipinski definition) is 0. The summed E-state index contributed by atoms with van der Waals surface area (Å²) in [7, 11) is 0. The molecule has 0 N–H and O–H groups in total. The molecule has 0 amide bonds. The molecule has 2 fully saturated rings. The van der Waals surface area contributed by atoms with E-state index in [2.05, 4.69) is 96.9 Å². The van der Waals surface area contributed by atoms with Crippen LogP contribution < -0.4 is 0 Å². The van der Waals surface area contributed by atoms with Crippen LogP contribution in [0.15, 0.2) is 0 Å². The Morgan fingerprint density at radius 3 is 1.19 bits per heavy atom. The predicted molar refractivity (Wildman–Crippen MR) is 122 cm³/mol. The van der Waals surface area contributed by atoms with E-state index >= 15 is 0 Å². The second-order valence-corrected chi connectivity index (χ2v) is 14.2. The van der Waals surface area contributed by atoms with Crippen LogP contribution >= 0.6 is 0 Å². The molecule has 0 nitrogen and oxygen atoms in total. The van der Waals surface area contributed by atoms with Crippen LogP contribution in [0.25, 0.3) is 0 Å². The van der Waals surface area contributed by atoms with Crippen molar-refractivity contribution in [3.8, 4) is 0 Å². The van der Waals surface area contributed by atoms with Crippen molar-refractivity contribution in [1.29, 1.82) is 0 Å². The molecule has 0 aromatic rings. The fraction of sp³-hybridized carbons (Fsp3) is 1.00. The maximum Gasteiger partial charge on any atom is -0.0303 e. The smallest absolute Gasteiger partial charge is 0.0303 e. The maximum absolute atomic E-state index is 2.64. The van der Waals surface area contributed by atoms with Crippen molar-refractivity contribution >= 4 is 0 Å². The van der Waals surface area contributed by atoms with Gasteiger partial charge in [0.1, 0.15) is 0 Å². The minimum atomic E-state index is 0.390. The quantitative estimate of drug-likeness (QED) is 0.431. The van der Waals surface area contributed by atoms with Crippen molar-refractivity contribution in [2.75, 3.05) is 0 Å². The van der Waals surface area contributed by atoms with E-state index in [1.165, 1.54) is 0 Å². The van der Waals surface area contributed by atoms with Crippen molar-refractivity contribution in [2.24, 2.45) is 75.4 Å². The van der Waals surface area contributed by atoms with Gasteiger partial charge in [-0.25, -0.2) is 0 Å². The molecule has 2 aliphatic rings. The van der Waals surface area contributed by atoms with Crippen molar-refractivity contribution in [3.05, 3.63) is 0 Å². The lowest BCUT2D eigenvalue weighted by molar-refractivity contribution is -0.0974. The van der Waals surface area contributed by atoms with Gasteiger partial charge in [-0.3, -0.25) is 0 Å². The second kappa shape index (κ2) is 7.05. The average Bonchev–Trinajstić information content (AvgIpc) is 2.69. The zero-order valence-electron chi connectivity index (χ0n) is 21.3. The van der Waals surface area contributed by atoms with Gasteiger partial charge < -0.3 is 0 Å². The molecule has 27 heavy (non-hydrogen) atoms. The third-order valence-electron chi connectivity index (χ3n) is 8.97. The lowest BCUT2D eigenvalue weighted by Gasteiger charge is -2.57. The van der Waals surface area contributed by atoms with Crippen LogP contribution in [0.1, 0.15) is 96.9 Å². The summed E-state index contributed by atoms with van der Waals surface area (Å²) in [5, 5.41) is 0. The van der Waals surface area contributed by atoms with Gasteiger partial charge in [-0.05, 0) is 75.4 Å². The lowest BCUT2D eigenvalue weighted by Crippen LogP contribution is -2.52. The van der Waals surface area contributed by atoms with Gasteiger partial charge in [0.2, 0.25) is 0 Å². The molecule has 2 aliphatic carbocycles. The van der Waals surface area contributed by atoms with Gasteiger partial charge in [0.05, 0.1) is 0 Å². The average molecular weight is 377 g/mol. The van der Waals surface area contributed by atoms with Crippen LogP contribution in [0, 0.1) is 75.4 Å². The van der Waals surface area contributed by atoms with Gasteiger partial charge in [-0.15, -0.1) is 0 Å². The molecule has 2 saturated carbocycles. The maximum atomic E-state index is 2.64. The van der Waals surface area contributed by atoms with Crippen LogP contribution in [0.4, 0.5) is 0 Å². The van der Waals surface area contributed by atoms with Gasteiger partial charge in [-0.2, -0.15) is 0 Å². The van der Waals surface area contributed by atoms with Crippen LogP contribution in [-0.4, -0.2) is 0 Å². The summed E-state index contributed by atoms with van der Waals surface area (Å²) in [6, 6.07) is 0. The molecule has 0 spiro atoms. The van der Waals surface area contributed by atoms with Crippen LogP contribution in [0.5, 0.6) is 0 Å². The highest BCUT2D eigenvalue weighted by molar-refractivity contribution is 5.11. The molecular weight excluding hydrogens is 324 g/mol. The highest BCUT2D eigenvalue weighted by Gasteiger charge is 2.63. The monoisotopic (exact) mass is 376 g/mol. The van der Waals surface area contributed by atoms with E-state index < -0.39 is 0 Å². The fourth-order valence-corrected chi connectivity index (χ4v) is 9.25. The van der Waals surface area contributed by atoms with Crippen LogP contribution in [-0.2, 0) is 0 Å². The van der Waals surface area contributed by atoms with E-state index in [0.29, 0.717) is 16.2 Å². The minimum absolute atomic E-state index is 0.390. The lowest BCUT2D eigenvalue weighted by atomic mass is 9.47. The van der Waals surface area contributed by atoms with Crippen molar-refractivity contribution < 1.29 is 0 Å². The predicted octanol–water partition coefficient (Wildman–Crippen LogP) is 8.41. The molecule has 9 atom stereocenters. The molecule has 0 heterocycles. The minimum Gasteiger partial charge on any atom is -0.0625 e. The molecule has 0 bridgehead atoms. The normalized spacial score (nSPS) is 43.9. The second-order valence-electron chi connectivity index (χ2n) is 14.2. The van der Waals surface area contributed by atoms with Gasteiger partial charge >= 0.3 is 0 Å². The fourth-order valence-electron chi connectivity index (χ4n) is 9.25. The molecule has 160 valence electrons. The Balaban J connectivity index is 2.70. The SMILES string of the molecule is CC(C)C1C(C)C(C(C)(C)C)C(C)C2C(C(C)(C)C)C(C)C(C(C)(C)C)[C@H]12. The van der Waals surface area contributed by atoms with Crippen molar-refractivity contribution in [1.82, 2.24) is 0 Å². The molecular formula is C27H52. The summed E-state index contributed by atoms with van der Waals surface area (Å²) in [6.45, 7) is 35.6. The first-order valence-corrected chi connectivity index (χ1v) is 11.9. The summed E-state index contributed by atoms with van der Waals surface area (Å²) in [4.78, 5) is 0. The van der Waals surface area contributed by atoms with E-state index in [1.54, 1.807) is 0 Å².